The number of anilines is 6. The van der Waals surface area contributed by atoms with Crippen LogP contribution in [0, 0.1) is 0 Å². The third-order valence-corrected chi connectivity index (χ3v) is 21.3. The summed E-state index contributed by atoms with van der Waals surface area (Å²) in [7, 11) is 13.9. The van der Waals surface area contributed by atoms with Crippen molar-refractivity contribution in [3.63, 3.8) is 0 Å². The number of rotatable bonds is 18. The molecule has 9 heterocycles. The number of benzene rings is 3. The van der Waals surface area contributed by atoms with Crippen LogP contribution >= 0.6 is 149 Å². The number of carbonyl (C=O) groups is 6. The van der Waals surface area contributed by atoms with E-state index in [0.717, 1.165) is 118 Å². The number of fused-ring (bicyclic) bond motifs is 3. The number of ether oxygens (including phenoxy) is 3. The smallest absolute Gasteiger partial charge is 0.364 e. The van der Waals surface area contributed by atoms with Gasteiger partial charge in [-0.1, -0.05) is 51.9 Å². The molecule has 0 fully saturated rings. The van der Waals surface area contributed by atoms with E-state index in [1.54, 1.807) is 44.3 Å². The van der Waals surface area contributed by atoms with E-state index in [-0.39, 0.29) is 107 Å². The van der Waals surface area contributed by atoms with Gasteiger partial charge in [0.25, 0.3) is 0 Å². The average Bonchev–Trinajstić information content (AvgIpc) is 1.69. The van der Waals surface area contributed by atoms with Gasteiger partial charge in [0.1, 0.15) is 14.2 Å². The number of para-hydroxylation sites is 3. The Morgan fingerprint density at radius 3 is 0.963 bits per heavy atom. The van der Waals surface area contributed by atoms with Crippen LogP contribution in [-0.2, 0) is 52.7 Å². The summed E-state index contributed by atoms with van der Waals surface area (Å²) in [4.78, 5) is 123. The zero-order valence-electron chi connectivity index (χ0n) is 56.4. The van der Waals surface area contributed by atoms with Crippen molar-refractivity contribution in [3.8, 4) is 0 Å². The van der Waals surface area contributed by atoms with Gasteiger partial charge in [0.05, 0.1) is 52.0 Å². The summed E-state index contributed by atoms with van der Waals surface area (Å²) < 4.78 is 42.3. The molecule has 0 unspecified atom stereocenters. The number of aliphatic carboxylic acids is 2. The number of carboxylic acids is 2. The highest BCUT2D eigenvalue weighted by atomic mass is 35.5. The Bertz CT molecular complexity index is 4940. The number of carboxylic acid groups (broad SMARTS) is 2. The molecule has 0 bridgehead atoms. The molecule has 0 spiro atoms. The predicted molar refractivity (Wildman–Crippen MR) is 425 cm³/mol. The molecule has 0 radical (unpaired) electrons. The lowest BCUT2D eigenvalue weighted by Gasteiger charge is -1.97. The molecule has 0 atom stereocenters. The van der Waals surface area contributed by atoms with Crippen LogP contribution in [0.2, 0.25) is 0 Å². The van der Waals surface area contributed by atoms with Crippen molar-refractivity contribution in [3.05, 3.63) is 108 Å². The fourth-order valence-electron chi connectivity index (χ4n) is 6.71. The van der Waals surface area contributed by atoms with E-state index < -0.39 is 29.8 Å². The van der Waals surface area contributed by atoms with Gasteiger partial charge in [-0.25, -0.2) is 44.8 Å². The van der Waals surface area contributed by atoms with Gasteiger partial charge in [-0.05, 0) is 69.7 Å². The van der Waals surface area contributed by atoms with Crippen molar-refractivity contribution < 1.29 is 73.3 Å². The number of hydrogen-bond acceptors (Lipinski definition) is 53. The van der Waals surface area contributed by atoms with E-state index in [9.17, 15) is 28.8 Å². The second-order valence-corrected chi connectivity index (χ2v) is 29.3. The summed E-state index contributed by atoms with van der Waals surface area (Å²) >= 11 is 11.7. The molecule has 0 saturated heterocycles. The molecule has 3 aromatic carbocycles. The number of nitrogen functional groups attached to an aromatic ring is 6. The van der Waals surface area contributed by atoms with E-state index in [1.165, 1.54) is 70.3 Å². The van der Waals surface area contributed by atoms with E-state index in [2.05, 4.69) is 168 Å². The van der Waals surface area contributed by atoms with E-state index >= 15 is 0 Å². The van der Waals surface area contributed by atoms with Crippen LogP contribution in [0.25, 0.3) is 30.6 Å². The third-order valence-electron chi connectivity index (χ3n) is 11.0. The Morgan fingerprint density at radius 2 is 0.661 bits per heavy atom. The van der Waals surface area contributed by atoms with Crippen molar-refractivity contribution in [2.45, 2.75) is 13.0 Å². The van der Waals surface area contributed by atoms with Crippen molar-refractivity contribution >= 4 is 280 Å². The number of methoxy groups -OCH3 is 3. The molecular weight excluding hydrogens is 1690 g/mol. The first kappa shape index (κ1) is 90.6. The number of hydrogen-bond donors (Lipinski definition) is 11. The van der Waals surface area contributed by atoms with E-state index in [1.807, 2.05) is 36.4 Å². The Balaban J connectivity index is 0.000000270. The number of aromatic nitrogens is 15. The minimum atomic E-state index is -1.26. The highest BCUT2D eigenvalue weighted by Crippen LogP contribution is 2.43. The van der Waals surface area contributed by atoms with Gasteiger partial charge in [0.2, 0.25) is 39.7 Å². The fraction of sp³-hybridized carbons (Fsp3) is 0.151. The second kappa shape index (κ2) is 47.1. The first-order valence-electron chi connectivity index (χ1n) is 27.9. The number of halogens is 1. The molecule has 109 heavy (non-hydrogen) atoms. The first-order valence-corrected chi connectivity index (χ1v) is 38.0. The molecule has 0 aliphatic carbocycles. The Labute approximate surface area is 666 Å². The second-order valence-electron chi connectivity index (χ2n) is 17.6. The maximum atomic E-state index is 12.3. The minimum Gasteiger partial charge on any atom is -0.476 e. The van der Waals surface area contributed by atoms with Gasteiger partial charge in [-0.3, -0.25) is 19.8 Å². The predicted octanol–water partition coefficient (Wildman–Crippen LogP) is 5.94. The number of nitrogens with zero attached hydrogens (tertiary/aromatic N) is 21. The topological polar surface area (TPSA) is 679 Å². The van der Waals surface area contributed by atoms with Crippen LogP contribution in [0.3, 0.4) is 0 Å². The van der Waals surface area contributed by atoms with Gasteiger partial charge in [-0.15, -0.1) is 46.4 Å². The summed E-state index contributed by atoms with van der Waals surface area (Å²) in [6.07, 6.45) is 0. The number of aliphatic imine (C=N–C) groups is 3. The highest BCUT2D eigenvalue weighted by Gasteiger charge is 2.25. The molecule has 9 aromatic heterocycles. The number of thiazole rings is 3. The highest BCUT2D eigenvalue weighted by molar-refractivity contribution is 8.77. The lowest BCUT2D eigenvalue weighted by atomic mass is 10.3. The summed E-state index contributed by atoms with van der Waals surface area (Å²) in [5.41, 5.74) is 34.3. The third kappa shape index (κ3) is 28.0. The monoisotopic (exact) mass is 1740 g/mol. The Hall–Kier alpha value is -10.8. The van der Waals surface area contributed by atoms with Gasteiger partial charge in [0, 0.05) is 90.3 Å². The van der Waals surface area contributed by atoms with Crippen LogP contribution in [0.4, 0.5) is 30.8 Å². The molecular formula is C53H55ClN28O15S12. The molecule has 12 rings (SSSR count). The summed E-state index contributed by atoms with van der Waals surface area (Å²) in [5, 5.41) is 42.8. The zero-order chi connectivity index (χ0) is 79.4. The lowest BCUT2D eigenvalue weighted by molar-refractivity contribution is -0.133. The van der Waals surface area contributed by atoms with Crippen LogP contribution in [0.1, 0.15) is 34.9 Å². The van der Waals surface area contributed by atoms with Gasteiger partial charge >= 0.3 is 29.8 Å². The molecule has 0 aliphatic heterocycles. The number of nitrogens with two attached hydrogens (primary N) is 7. The van der Waals surface area contributed by atoms with Crippen LogP contribution in [0.5, 0.6) is 0 Å². The number of esters is 3. The number of thioether (sulfide) groups is 1. The normalized spacial score (nSPS) is 11.2. The SMILES string of the molecule is CN=C(C(=O)O)c1nsc(N)n1.CN=C(C(=O)OC)c1nsc(N)n1.CN=C(C(=O)Sc1nc2ccccc2s1)c1nsc(N)n1.CO/N=C(/C(=O)O)c1nsc(N)n1.CO/N=C(/C(=O)OC)c1nsc(N)n1.COC(=O)/C(=N/O)c1nsc(N)n1.Cl.NO.c1ccc2sc(SSc3nc4ccccc4s3)nc2c1. The molecule has 0 aliphatic rings. The van der Waals surface area contributed by atoms with Crippen LogP contribution in [0.15, 0.2) is 116 Å². The van der Waals surface area contributed by atoms with Crippen LogP contribution in [-0.4, -0.2) is 218 Å². The Kier molecular flexibility index (Phi) is 39.1. The van der Waals surface area contributed by atoms with Crippen molar-refractivity contribution in [2.24, 2.45) is 36.3 Å². The van der Waals surface area contributed by atoms with Crippen LogP contribution < -0.4 is 40.3 Å². The lowest BCUT2D eigenvalue weighted by Crippen LogP contribution is -2.19. The van der Waals surface area contributed by atoms with Crippen molar-refractivity contribution in [2.75, 3.05) is 91.1 Å². The van der Waals surface area contributed by atoms with Gasteiger partial charge < -0.3 is 78.9 Å². The van der Waals surface area contributed by atoms with Gasteiger partial charge in [-0.2, -0.15) is 56.1 Å². The Morgan fingerprint density at radius 1 is 0.385 bits per heavy atom. The maximum absolute atomic E-state index is 12.3. The minimum absolute atomic E-state index is 0. The number of oxime groups is 3. The molecule has 0 saturated carbocycles. The number of carbonyl (C=O) groups excluding carboxylic acids is 4. The largest absolute Gasteiger partial charge is 0.476 e. The summed E-state index contributed by atoms with van der Waals surface area (Å²) in [5.74, 6) is -0.446. The molecule has 43 nitrogen and oxygen atoms in total. The van der Waals surface area contributed by atoms with Crippen molar-refractivity contribution in [1.82, 2.24) is 71.1 Å². The standard InChI is InChI=1S/C14H8N2S4.C12H9N5OS3.C6H8N4O3S.C6H8N4O2S.2C5H6N4O3S.C5H6N4O2S.ClH.H3NO/c1-3-7-11-9(5-1)15-13(17-11)19-20-14-16-10-6-2-4-8-12(10)18-14;1-14-8(9-16-11(13)21-17-9)10(18)20-12-15-6-4-2-3-5-7(6)19-12;1-12-5(11)3(9-13-2)4-8-6(7)14-10-4;1-8-3(5(11)12-2)4-9-6(7)13-10-4;1-12-4(10)2(8-11)3-7-5(6)13-9-3;1-12-8-2(4(10)11)3-7-5(6)13-9-3;1-7-2(4(10)11)3-8-5(6)12-9-3;;1-2/h1-8H;2-5H,1H3,(H2,13,16,17);1-2H3,(H2,7,8,10);1-2H3,(H2,7,9,10);11H,1H3,(H2,6,7,9);1H3,(H,10,11)(H2,6,7,9);1H3,(H,10,11)(H2,6,8,9);1H;2H,1H2/b;;9-3+;;2*8-2+;;;. The van der Waals surface area contributed by atoms with Gasteiger partial charge in [0.15, 0.2) is 78.4 Å². The van der Waals surface area contributed by atoms with Crippen molar-refractivity contribution in [1.29, 1.82) is 0 Å². The summed E-state index contributed by atoms with van der Waals surface area (Å²) in [6.45, 7) is 0. The quantitative estimate of drug-likeness (QED) is 0.00900. The first-order chi connectivity index (χ1) is 51.9. The molecule has 0 amide bonds. The molecule has 576 valence electrons. The summed E-state index contributed by atoms with van der Waals surface area (Å²) in [6, 6.07) is 24.2. The molecule has 56 heteroatoms. The molecule has 12 aromatic rings. The zero-order valence-corrected chi connectivity index (χ0v) is 67.1. The van der Waals surface area contributed by atoms with E-state index in [4.69, 9.17) is 55.0 Å². The van der Waals surface area contributed by atoms with E-state index in [0.29, 0.717) is 14.6 Å². The maximum Gasteiger partial charge on any atom is 0.364 e. The molecule has 18 N–H and O–H groups in total. The average molecular weight is 1740 g/mol. The fourth-order valence-corrected chi connectivity index (χ4v) is 15.8.